The van der Waals surface area contributed by atoms with Crippen LogP contribution in [0.4, 0.5) is 17.2 Å². The van der Waals surface area contributed by atoms with Crippen LogP contribution in [0.5, 0.6) is 0 Å². The molecule has 13 nitrogen and oxygen atoms in total. The van der Waals surface area contributed by atoms with E-state index in [1.165, 1.54) is 24.3 Å². The van der Waals surface area contributed by atoms with Crippen molar-refractivity contribution in [2.24, 2.45) is 0 Å². The van der Waals surface area contributed by atoms with Gasteiger partial charge in [-0.25, -0.2) is 9.78 Å². The maximum Gasteiger partial charge on any atom is 0.361 e. The van der Waals surface area contributed by atoms with Crippen molar-refractivity contribution >= 4 is 28.7 Å². The topological polar surface area (TPSA) is 173 Å². The van der Waals surface area contributed by atoms with Crippen LogP contribution in [0.25, 0.3) is 16.8 Å². The number of nitrogens with zero attached hydrogens (tertiary/aromatic N) is 5. The number of carbonyl (C=O) groups excluding carboxylic acids is 1. The molecule has 0 amide bonds. The molecule has 0 spiro atoms. The van der Waals surface area contributed by atoms with Crippen LogP contribution >= 0.6 is 0 Å². The number of nitro groups is 3. The summed E-state index contributed by atoms with van der Waals surface area (Å²) in [6, 6.07) is 5.65. The summed E-state index contributed by atoms with van der Waals surface area (Å²) in [6.45, 7) is 0. The number of aromatic nitrogens is 2. The number of fused-ring (bicyclic) bond motifs is 1. The van der Waals surface area contributed by atoms with Gasteiger partial charge in [0.1, 0.15) is 6.07 Å². The molecule has 0 saturated heterocycles. The second-order valence-electron chi connectivity index (χ2n) is 5.37. The predicted molar refractivity (Wildman–Crippen MR) is 91.9 cm³/mol. The Morgan fingerprint density at radius 3 is 2.18 bits per heavy atom. The number of methoxy groups -OCH3 is 1. The molecule has 0 aliphatic carbocycles. The average Bonchev–Trinajstić information content (AvgIpc) is 3.08. The molecule has 3 aromatic rings. The fraction of sp³-hybridized carbons (Fsp3) is 0.0667. The molecule has 2 aromatic heterocycles. The van der Waals surface area contributed by atoms with E-state index in [1.807, 2.05) is 0 Å². The van der Waals surface area contributed by atoms with E-state index in [0.29, 0.717) is 6.07 Å². The Bertz CT molecular complexity index is 1150. The molecular formula is C15H9N5O8. The van der Waals surface area contributed by atoms with E-state index in [1.54, 1.807) is 0 Å². The lowest BCUT2D eigenvalue weighted by molar-refractivity contribution is -0.393. The quantitative estimate of drug-likeness (QED) is 0.362. The summed E-state index contributed by atoms with van der Waals surface area (Å²) >= 11 is 0. The van der Waals surface area contributed by atoms with Gasteiger partial charge in [0.25, 0.3) is 5.69 Å². The van der Waals surface area contributed by atoms with Gasteiger partial charge in [-0.15, -0.1) is 0 Å². The molecule has 142 valence electrons. The summed E-state index contributed by atoms with van der Waals surface area (Å²) in [5.41, 5.74) is -1.53. The van der Waals surface area contributed by atoms with Gasteiger partial charge in [0.15, 0.2) is 5.69 Å². The fourth-order valence-electron chi connectivity index (χ4n) is 2.68. The lowest BCUT2D eigenvalue weighted by Crippen LogP contribution is -2.10. The molecule has 0 atom stereocenters. The van der Waals surface area contributed by atoms with Gasteiger partial charge in [0, 0.05) is 17.7 Å². The maximum absolute atomic E-state index is 12.0. The minimum Gasteiger partial charge on any atom is -0.464 e. The summed E-state index contributed by atoms with van der Waals surface area (Å²) in [4.78, 5) is 47.2. The highest BCUT2D eigenvalue weighted by atomic mass is 16.6. The van der Waals surface area contributed by atoms with Crippen LogP contribution < -0.4 is 0 Å². The second-order valence-corrected chi connectivity index (χ2v) is 5.37. The number of non-ortho nitro benzene ring substituents is 1. The lowest BCUT2D eigenvalue weighted by atomic mass is 10.1. The molecule has 28 heavy (non-hydrogen) atoms. The third kappa shape index (κ3) is 2.86. The van der Waals surface area contributed by atoms with Gasteiger partial charge in [-0.3, -0.25) is 20.2 Å². The Hall–Kier alpha value is -4.42. The first kappa shape index (κ1) is 18.4. The standard InChI is InChI=1S/C15H9N5O8/c1-28-15(21)13-14-10(19(24)25)6-12(20(26)27)17(14)11(7-16-13)8-2-4-9(5-3-8)18(22)23/h2-7H,1H3. The van der Waals surface area contributed by atoms with Crippen LogP contribution in [0.2, 0.25) is 0 Å². The summed E-state index contributed by atoms with van der Waals surface area (Å²) in [6.07, 6.45) is 1.09. The van der Waals surface area contributed by atoms with Gasteiger partial charge in [-0.1, -0.05) is 0 Å². The highest BCUT2D eigenvalue weighted by Gasteiger charge is 2.34. The van der Waals surface area contributed by atoms with Gasteiger partial charge in [0.2, 0.25) is 11.2 Å². The average molecular weight is 387 g/mol. The Morgan fingerprint density at radius 1 is 1.04 bits per heavy atom. The molecule has 0 radical (unpaired) electrons. The summed E-state index contributed by atoms with van der Waals surface area (Å²) in [5.74, 6) is -1.70. The van der Waals surface area contributed by atoms with E-state index < -0.39 is 43.5 Å². The van der Waals surface area contributed by atoms with E-state index in [2.05, 4.69) is 9.72 Å². The van der Waals surface area contributed by atoms with Crippen molar-refractivity contribution in [3.63, 3.8) is 0 Å². The van der Waals surface area contributed by atoms with Crippen LogP contribution in [0.15, 0.2) is 36.5 Å². The maximum atomic E-state index is 12.0. The molecule has 0 fully saturated rings. The Labute approximate surface area is 154 Å². The zero-order valence-corrected chi connectivity index (χ0v) is 14.0. The molecule has 0 saturated carbocycles. The van der Waals surface area contributed by atoms with Crippen molar-refractivity contribution in [2.75, 3.05) is 7.11 Å². The molecule has 0 unspecified atom stereocenters. The second kappa shape index (κ2) is 6.71. The minimum absolute atomic E-state index is 0.0253. The minimum atomic E-state index is -1.02. The molecule has 2 heterocycles. The van der Waals surface area contributed by atoms with Crippen molar-refractivity contribution in [3.8, 4) is 11.3 Å². The van der Waals surface area contributed by atoms with Crippen LogP contribution in [0.3, 0.4) is 0 Å². The molecule has 3 rings (SSSR count). The third-order valence-corrected chi connectivity index (χ3v) is 3.88. The van der Waals surface area contributed by atoms with Crippen molar-refractivity contribution < 1.29 is 24.3 Å². The number of carbonyl (C=O) groups is 1. The zero-order valence-electron chi connectivity index (χ0n) is 14.0. The fourth-order valence-corrected chi connectivity index (χ4v) is 2.68. The predicted octanol–water partition coefficient (Wildman–Crippen LogP) is 2.51. The molecule has 0 aliphatic rings. The van der Waals surface area contributed by atoms with Gasteiger partial charge in [0.05, 0.1) is 23.2 Å². The van der Waals surface area contributed by atoms with Crippen LogP contribution in [-0.2, 0) is 4.74 Å². The van der Waals surface area contributed by atoms with Gasteiger partial charge in [-0.2, -0.15) is 4.40 Å². The number of nitro benzene ring substituents is 1. The number of esters is 1. The van der Waals surface area contributed by atoms with Gasteiger partial charge >= 0.3 is 17.5 Å². The molecule has 13 heteroatoms. The van der Waals surface area contributed by atoms with Crippen molar-refractivity contribution in [3.05, 3.63) is 72.6 Å². The number of benzene rings is 1. The van der Waals surface area contributed by atoms with Gasteiger partial charge in [-0.05, 0) is 17.1 Å². The Kier molecular flexibility index (Phi) is 4.40. The first-order valence-electron chi connectivity index (χ1n) is 7.42. The van der Waals surface area contributed by atoms with E-state index in [0.717, 1.165) is 17.7 Å². The first-order valence-corrected chi connectivity index (χ1v) is 7.42. The Morgan fingerprint density at radius 2 is 1.68 bits per heavy atom. The van der Waals surface area contributed by atoms with E-state index >= 15 is 0 Å². The van der Waals surface area contributed by atoms with Crippen molar-refractivity contribution in [1.82, 2.24) is 9.38 Å². The summed E-state index contributed by atoms with van der Waals surface area (Å²) in [5, 5.41) is 33.7. The number of hydrogen-bond acceptors (Lipinski definition) is 9. The van der Waals surface area contributed by atoms with Gasteiger partial charge < -0.3 is 14.9 Å². The number of hydrogen-bond donors (Lipinski definition) is 0. The molecule has 0 aliphatic heterocycles. The molecule has 1 aromatic carbocycles. The summed E-state index contributed by atoms with van der Waals surface area (Å²) in [7, 11) is 1.04. The summed E-state index contributed by atoms with van der Waals surface area (Å²) < 4.78 is 5.44. The molecule has 0 N–H and O–H groups in total. The van der Waals surface area contributed by atoms with Crippen LogP contribution in [0.1, 0.15) is 10.5 Å². The van der Waals surface area contributed by atoms with Crippen molar-refractivity contribution in [1.29, 1.82) is 0 Å². The smallest absolute Gasteiger partial charge is 0.361 e. The van der Waals surface area contributed by atoms with E-state index in [-0.39, 0.29) is 16.9 Å². The monoisotopic (exact) mass is 387 g/mol. The molecular weight excluding hydrogens is 378 g/mol. The van der Waals surface area contributed by atoms with E-state index in [4.69, 9.17) is 0 Å². The Balaban J connectivity index is 2.42. The van der Waals surface area contributed by atoms with Crippen LogP contribution in [-0.4, -0.2) is 37.2 Å². The largest absolute Gasteiger partial charge is 0.464 e. The number of ether oxygens (including phenoxy) is 1. The zero-order chi connectivity index (χ0) is 20.6. The van der Waals surface area contributed by atoms with Crippen molar-refractivity contribution in [2.45, 2.75) is 0 Å². The molecule has 0 bridgehead atoms. The van der Waals surface area contributed by atoms with Crippen LogP contribution in [0, 0.1) is 30.3 Å². The third-order valence-electron chi connectivity index (χ3n) is 3.88. The highest BCUT2D eigenvalue weighted by molar-refractivity contribution is 5.99. The number of rotatable bonds is 5. The lowest BCUT2D eigenvalue weighted by Gasteiger charge is -2.05. The normalized spacial score (nSPS) is 10.6. The SMILES string of the molecule is COC(=O)c1ncc(-c2ccc([N+](=O)[O-])cc2)n2c([N+](=O)[O-])cc([N+](=O)[O-])c12. The van der Waals surface area contributed by atoms with E-state index in [9.17, 15) is 35.1 Å². The first-order chi connectivity index (χ1) is 13.3. The highest BCUT2D eigenvalue weighted by Crippen LogP contribution is 2.35.